The number of aryl methyl sites for hydroxylation is 2. The van der Waals surface area contributed by atoms with Gasteiger partial charge < -0.3 is 19.3 Å². The largest absolute Gasteiger partial charge is 0.497 e. The van der Waals surface area contributed by atoms with E-state index in [4.69, 9.17) is 25.6 Å². The van der Waals surface area contributed by atoms with Crippen LogP contribution in [0.3, 0.4) is 0 Å². The third kappa shape index (κ3) is 4.23. The van der Waals surface area contributed by atoms with E-state index in [1.54, 1.807) is 56.5 Å². The molecule has 6 nitrogen and oxygen atoms in total. The molecule has 2 aromatic carbocycles. The highest BCUT2D eigenvalue weighted by atomic mass is 35.5. The van der Waals surface area contributed by atoms with Crippen LogP contribution in [0.4, 0.5) is 5.69 Å². The fraction of sp³-hybridized carbons (Fsp3) is 0.200. The number of hydrogen-bond acceptors (Lipinski definition) is 5. The molecule has 0 aliphatic rings. The van der Waals surface area contributed by atoms with E-state index in [1.807, 2.05) is 6.92 Å². The second kappa shape index (κ2) is 8.14. The minimum atomic E-state index is -0.326. The second-order valence-electron chi connectivity index (χ2n) is 5.79. The van der Waals surface area contributed by atoms with E-state index >= 15 is 0 Å². The van der Waals surface area contributed by atoms with Crippen molar-refractivity contribution in [1.82, 2.24) is 5.16 Å². The van der Waals surface area contributed by atoms with Crippen molar-refractivity contribution in [3.63, 3.8) is 0 Å². The van der Waals surface area contributed by atoms with Crippen LogP contribution in [0.25, 0.3) is 0 Å². The molecule has 27 heavy (non-hydrogen) atoms. The van der Waals surface area contributed by atoms with Gasteiger partial charge in [0.15, 0.2) is 5.75 Å². The molecule has 0 aliphatic heterocycles. The maximum atomic E-state index is 12.7. The van der Waals surface area contributed by atoms with E-state index in [0.717, 1.165) is 5.75 Å². The third-order valence-corrected chi connectivity index (χ3v) is 4.21. The minimum Gasteiger partial charge on any atom is -0.497 e. The van der Waals surface area contributed by atoms with Crippen LogP contribution in [0.15, 0.2) is 47.0 Å². The Bertz CT molecular complexity index is 951. The summed E-state index contributed by atoms with van der Waals surface area (Å²) in [6, 6.07) is 12.2. The molecule has 7 heteroatoms. The summed E-state index contributed by atoms with van der Waals surface area (Å²) in [4.78, 5) is 12.7. The summed E-state index contributed by atoms with van der Waals surface area (Å²) in [7, 11) is 1.60. The van der Waals surface area contributed by atoms with Gasteiger partial charge in [0.05, 0.1) is 18.5 Å². The zero-order chi connectivity index (χ0) is 19.4. The standard InChI is InChI=1S/C20H19ClN2O4/c1-4-16-19(12(2)27-23-16)20(24)22-17-11-13(21)5-10-18(17)26-15-8-6-14(25-3)7-9-15/h5-11H,4H2,1-3H3,(H,22,24). The monoisotopic (exact) mass is 386 g/mol. The van der Waals surface area contributed by atoms with Gasteiger partial charge in [-0.25, -0.2) is 0 Å². The lowest BCUT2D eigenvalue weighted by atomic mass is 10.1. The topological polar surface area (TPSA) is 73.6 Å². The number of carbonyl (C=O) groups is 1. The fourth-order valence-corrected chi connectivity index (χ4v) is 2.77. The van der Waals surface area contributed by atoms with E-state index < -0.39 is 0 Å². The molecular formula is C20H19ClN2O4. The molecule has 0 saturated carbocycles. The molecule has 0 radical (unpaired) electrons. The predicted molar refractivity (Wildman–Crippen MR) is 103 cm³/mol. The van der Waals surface area contributed by atoms with Crippen molar-refractivity contribution in [1.29, 1.82) is 0 Å². The first kappa shape index (κ1) is 18.8. The normalized spacial score (nSPS) is 10.5. The average molecular weight is 387 g/mol. The minimum absolute atomic E-state index is 0.326. The molecular weight excluding hydrogens is 368 g/mol. The summed E-state index contributed by atoms with van der Waals surface area (Å²) < 4.78 is 16.2. The van der Waals surface area contributed by atoms with Crippen LogP contribution in [0.2, 0.25) is 5.02 Å². The molecule has 3 aromatic rings. The van der Waals surface area contributed by atoms with Crippen LogP contribution in [0, 0.1) is 6.92 Å². The van der Waals surface area contributed by atoms with Crippen molar-refractivity contribution in [2.24, 2.45) is 0 Å². The molecule has 140 valence electrons. The van der Waals surface area contributed by atoms with Crippen LogP contribution < -0.4 is 14.8 Å². The average Bonchev–Trinajstić information content (AvgIpc) is 3.05. The van der Waals surface area contributed by atoms with E-state index in [1.165, 1.54) is 0 Å². The number of nitrogens with one attached hydrogen (secondary N) is 1. The SMILES string of the molecule is CCc1noc(C)c1C(=O)Nc1cc(Cl)ccc1Oc1ccc(OC)cc1. The van der Waals surface area contributed by atoms with Crippen molar-refractivity contribution < 1.29 is 18.8 Å². The molecule has 0 spiro atoms. The van der Waals surface area contributed by atoms with Crippen LogP contribution in [-0.2, 0) is 6.42 Å². The van der Waals surface area contributed by atoms with Gasteiger partial charge in [0, 0.05) is 5.02 Å². The van der Waals surface area contributed by atoms with Crippen molar-refractivity contribution in [2.75, 3.05) is 12.4 Å². The van der Waals surface area contributed by atoms with Gasteiger partial charge in [0.1, 0.15) is 22.8 Å². The van der Waals surface area contributed by atoms with Crippen molar-refractivity contribution in [3.8, 4) is 17.2 Å². The molecule has 1 heterocycles. The molecule has 0 fully saturated rings. The van der Waals surface area contributed by atoms with Crippen molar-refractivity contribution in [2.45, 2.75) is 20.3 Å². The zero-order valence-electron chi connectivity index (χ0n) is 15.2. The quantitative estimate of drug-likeness (QED) is 0.626. The van der Waals surface area contributed by atoms with Crippen LogP contribution in [-0.4, -0.2) is 18.2 Å². The van der Waals surface area contributed by atoms with Gasteiger partial charge in [0.25, 0.3) is 5.91 Å². The number of halogens is 1. The molecule has 0 aliphatic carbocycles. The Labute approximate surface area is 162 Å². The fourth-order valence-electron chi connectivity index (χ4n) is 2.59. The highest BCUT2D eigenvalue weighted by Crippen LogP contribution is 2.33. The maximum Gasteiger partial charge on any atom is 0.261 e. The number of benzene rings is 2. The van der Waals surface area contributed by atoms with Gasteiger partial charge in [-0.2, -0.15) is 0 Å². The molecule has 0 unspecified atom stereocenters. The van der Waals surface area contributed by atoms with Crippen molar-refractivity contribution in [3.05, 3.63) is 64.5 Å². The van der Waals surface area contributed by atoms with Crippen LogP contribution in [0.1, 0.15) is 28.7 Å². The third-order valence-electron chi connectivity index (χ3n) is 3.97. The summed E-state index contributed by atoms with van der Waals surface area (Å²) in [5, 5.41) is 7.23. The molecule has 1 N–H and O–H groups in total. The summed E-state index contributed by atoms with van der Waals surface area (Å²) >= 11 is 6.10. The highest BCUT2D eigenvalue weighted by Gasteiger charge is 2.20. The summed E-state index contributed by atoms with van der Waals surface area (Å²) in [5.41, 5.74) is 1.48. The summed E-state index contributed by atoms with van der Waals surface area (Å²) in [6.07, 6.45) is 0.588. The first-order chi connectivity index (χ1) is 13.0. The summed E-state index contributed by atoms with van der Waals surface area (Å²) in [5.74, 6) is 1.92. The van der Waals surface area contributed by atoms with Crippen LogP contribution in [0.5, 0.6) is 17.2 Å². The smallest absolute Gasteiger partial charge is 0.261 e. The van der Waals surface area contributed by atoms with Gasteiger partial charge in [-0.1, -0.05) is 23.7 Å². The number of anilines is 1. The Morgan fingerprint density at radius 2 is 1.89 bits per heavy atom. The number of ether oxygens (including phenoxy) is 2. The van der Waals surface area contributed by atoms with E-state index in [2.05, 4.69) is 10.5 Å². The van der Waals surface area contributed by atoms with Crippen molar-refractivity contribution >= 4 is 23.2 Å². The number of methoxy groups -OCH3 is 1. The molecule has 3 rings (SSSR count). The number of amides is 1. The lowest BCUT2D eigenvalue weighted by Gasteiger charge is -2.13. The molecule has 1 amide bonds. The van der Waals surface area contributed by atoms with Crippen LogP contribution >= 0.6 is 11.6 Å². The van der Waals surface area contributed by atoms with E-state index in [9.17, 15) is 4.79 Å². The predicted octanol–water partition coefficient (Wildman–Crippen LogP) is 5.25. The lowest BCUT2D eigenvalue weighted by Crippen LogP contribution is -2.15. The first-order valence-electron chi connectivity index (χ1n) is 8.39. The lowest BCUT2D eigenvalue weighted by molar-refractivity contribution is 0.102. The molecule has 0 atom stereocenters. The number of hydrogen-bond donors (Lipinski definition) is 1. The Balaban J connectivity index is 1.87. The van der Waals surface area contributed by atoms with Gasteiger partial charge in [-0.3, -0.25) is 4.79 Å². The molecule has 0 saturated heterocycles. The number of rotatable bonds is 6. The molecule has 1 aromatic heterocycles. The highest BCUT2D eigenvalue weighted by molar-refractivity contribution is 6.31. The molecule has 0 bridgehead atoms. The maximum absolute atomic E-state index is 12.7. The zero-order valence-corrected chi connectivity index (χ0v) is 16.0. The van der Waals surface area contributed by atoms with E-state index in [-0.39, 0.29) is 5.91 Å². The van der Waals surface area contributed by atoms with Gasteiger partial charge in [-0.15, -0.1) is 0 Å². The Morgan fingerprint density at radius 1 is 1.19 bits per heavy atom. The second-order valence-corrected chi connectivity index (χ2v) is 6.22. The summed E-state index contributed by atoms with van der Waals surface area (Å²) in [6.45, 7) is 3.61. The number of carbonyl (C=O) groups excluding carboxylic acids is 1. The number of nitrogens with zero attached hydrogens (tertiary/aromatic N) is 1. The Morgan fingerprint density at radius 3 is 2.56 bits per heavy atom. The van der Waals surface area contributed by atoms with Gasteiger partial charge in [0.2, 0.25) is 0 Å². The number of aromatic nitrogens is 1. The Kier molecular flexibility index (Phi) is 5.66. The van der Waals surface area contributed by atoms with Gasteiger partial charge in [-0.05, 0) is 55.8 Å². The Hall–Kier alpha value is -2.99. The van der Waals surface area contributed by atoms with Gasteiger partial charge >= 0.3 is 0 Å². The van der Waals surface area contributed by atoms with E-state index in [0.29, 0.717) is 45.6 Å². The first-order valence-corrected chi connectivity index (χ1v) is 8.77.